The Labute approximate surface area is 166 Å². The zero-order valence-electron chi connectivity index (χ0n) is 13.9. The second kappa shape index (κ2) is 9.57. The molecule has 136 valence electrons. The van der Waals surface area contributed by atoms with Crippen LogP contribution in [0, 0.1) is 0 Å². The lowest BCUT2D eigenvalue weighted by molar-refractivity contribution is -0.120. The SMILES string of the molecule is C/C(CC(=O)Nc1ccc(Cl)c(Cl)c1)=N\NC(=O)Cc1ccc(Cl)cc1. The number of hydrogen-bond donors (Lipinski definition) is 2. The fraction of sp³-hybridized carbons (Fsp3) is 0.167. The first-order valence-corrected chi connectivity index (χ1v) is 8.78. The molecule has 26 heavy (non-hydrogen) atoms. The lowest BCUT2D eigenvalue weighted by Crippen LogP contribution is -2.22. The van der Waals surface area contributed by atoms with Gasteiger partial charge < -0.3 is 5.32 Å². The first kappa shape index (κ1) is 20.2. The summed E-state index contributed by atoms with van der Waals surface area (Å²) in [6.45, 7) is 1.65. The Morgan fingerprint density at radius 1 is 0.962 bits per heavy atom. The molecule has 0 fully saturated rings. The third-order valence-electron chi connectivity index (χ3n) is 3.27. The topological polar surface area (TPSA) is 70.6 Å². The van der Waals surface area contributed by atoms with E-state index in [9.17, 15) is 9.59 Å². The van der Waals surface area contributed by atoms with E-state index >= 15 is 0 Å². The highest BCUT2D eigenvalue weighted by Gasteiger charge is 2.07. The van der Waals surface area contributed by atoms with Gasteiger partial charge in [0.2, 0.25) is 11.8 Å². The molecule has 2 amide bonds. The highest BCUT2D eigenvalue weighted by atomic mass is 35.5. The molecule has 5 nitrogen and oxygen atoms in total. The van der Waals surface area contributed by atoms with Crippen LogP contribution in [-0.4, -0.2) is 17.5 Å². The molecule has 0 aliphatic heterocycles. The smallest absolute Gasteiger partial charge is 0.244 e. The number of halogens is 3. The average molecular weight is 413 g/mol. The second-order valence-electron chi connectivity index (χ2n) is 5.54. The van der Waals surface area contributed by atoms with Gasteiger partial charge in [-0.15, -0.1) is 0 Å². The molecule has 0 unspecified atom stereocenters. The molecule has 0 aromatic heterocycles. The summed E-state index contributed by atoms with van der Waals surface area (Å²) >= 11 is 17.5. The molecular weight excluding hydrogens is 397 g/mol. The Kier molecular flexibility index (Phi) is 7.45. The number of rotatable bonds is 6. The standard InChI is InChI=1S/C18H16Cl3N3O2/c1-11(8-17(25)22-14-6-7-15(20)16(21)10-14)23-24-18(26)9-12-2-4-13(19)5-3-12/h2-7,10H,8-9H2,1H3,(H,22,25)(H,24,26)/b23-11+. The molecule has 0 radical (unpaired) electrons. The van der Waals surface area contributed by atoms with Crippen molar-refractivity contribution in [2.75, 3.05) is 5.32 Å². The quantitative estimate of drug-likeness (QED) is 0.533. The summed E-state index contributed by atoms with van der Waals surface area (Å²) < 4.78 is 0. The van der Waals surface area contributed by atoms with Gasteiger partial charge in [0.1, 0.15) is 0 Å². The molecule has 0 bridgehead atoms. The number of anilines is 1. The zero-order valence-corrected chi connectivity index (χ0v) is 16.1. The normalized spacial score (nSPS) is 11.2. The van der Waals surface area contributed by atoms with E-state index in [4.69, 9.17) is 34.8 Å². The van der Waals surface area contributed by atoms with Gasteiger partial charge in [-0.05, 0) is 42.8 Å². The van der Waals surface area contributed by atoms with Crippen LogP contribution in [0.15, 0.2) is 47.6 Å². The van der Waals surface area contributed by atoms with Crippen molar-refractivity contribution in [3.8, 4) is 0 Å². The van der Waals surface area contributed by atoms with Crippen LogP contribution < -0.4 is 10.7 Å². The van der Waals surface area contributed by atoms with E-state index in [0.717, 1.165) is 5.56 Å². The van der Waals surface area contributed by atoms with Crippen molar-refractivity contribution in [3.05, 3.63) is 63.1 Å². The minimum Gasteiger partial charge on any atom is -0.326 e. The van der Waals surface area contributed by atoms with E-state index in [2.05, 4.69) is 15.8 Å². The van der Waals surface area contributed by atoms with Crippen LogP contribution in [0.3, 0.4) is 0 Å². The van der Waals surface area contributed by atoms with E-state index in [0.29, 0.717) is 26.5 Å². The number of hydrogen-bond acceptors (Lipinski definition) is 3. The predicted octanol–water partition coefficient (Wildman–Crippen LogP) is 4.71. The monoisotopic (exact) mass is 411 g/mol. The predicted molar refractivity (Wildman–Crippen MR) is 106 cm³/mol. The number of nitrogens with zero attached hydrogens (tertiary/aromatic N) is 1. The first-order chi connectivity index (χ1) is 12.3. The van der Waals surface area contributed by atoms with E-state index in [1.54, 1.807) is 49.4 Å². The zero-order chi connectivity index (χ0) is 19.1. The summed E-state index contributed by atoms with van der Waals surface area (Å²) in [5, 5.41) is 7.99. The Balaban J connectivity index is 1.82. The molecule has 0 aliphatic carbocycles. The molecule has 2 aromatic rings. The van der Waals surface area contributed by atoms with Gasteiger partial charge in [0.05, 0.1) is 22.9 Å². The summed E-state index contributed by atoms with van der Waals surface area (Å²) in [5.74, 6) is -0.562. The van der Waals surface area contributed by atoms with E-state index in [-0.39, 0.29) is 24.7 Å². The van der Waals surface area contributed by atoms with Crippen molar-refractivity contribution < 1.29 is 9.59 Å². The van der Waals surface area contributed by atoms with Crippen LogP contribution in [0.2, 0.25) is 15.1 Å². The van der Waals surface area contributed by atoms with Crippen LogP contribution >= 0.6 is 34.8 Å². The minimum absolute atomic E-state index is 0.0292. The number of amides is 2. The third-order valence-corrected chi connectivity index (χ3v) is 4.26. The Morgan fingerprint density at radius 3 is 2.31 bits per heavy atom. The molecule has 2 N–H and O–H groups in total. The molecule has 0 heterocycles. The van der Waals surface area contributed by atoms with Gasteiger partial charge in [0.15, 0.2) is 0 Å². The van der Waals surface area contributed by atoms with Crippen LogP contribution in [0.4, 0.5) is 5.69 Å². The molecule has 0 saturated heterocycles. The van der Waals surface area contributed by atoms with Crippen molar-refractivity contribution in [1.29, 1.82) is 0 Å². The van der Waals surface area contributed by atoms with Gasteiger partial charge >= 0.3 is 0 Å². The lowest BCUT2D eigenvalue weighted by Gasteiger charge is -2.07. The van der Waals surface area contributed by atoms with Crippen molar-refractivity contribution in [2.45, 2.75) is 19.8 Å². The summed E-state index contributed by atoms with van der Waals surface area (Å²) in [6.07, 6.45) is 0.199. The van der Waals surface area contributed by atoms with Crippen LogP contribution in [-0.2, 0) is 16.0 Å². The molecular formula is C18H16Cl3N3O2. The Morgan fingerprint density at radius 2 is 1.65 bits per heavy atom. The fourth-order valence-electron chi connectivity index (χ4n) is 2.04. The minimum atomic E-state index is -0.281. The van der Waals surface area contributed by atoms with E-state index in [1.807, 2.05) is 0 Å². The molecule has 8 heteroatoms. The molecule has 0 aliphatic rings. The van der Waals surface area contributed by atoms with E-state index < -0.39 is 0 Å². The molecule has 2 rings (SSSR count). The number of carbonyl (C=O) groups is 2. The fourth-order valence-corrected chi connectivity index (χ4v) is 2.46. The van der Waals surface area contributed by atoms with Gasteiger partial charge in [0, 0.05) is 16.4 Å². The summed E-state index contributed by atoms with van der Waals surface area (Å²) in [5.41, 5.74) is 4.24. The summed E-state index contributed by atoms with van der Waals surface area (Å²) in [4.78, 5) is 23.9. The summed E-state index contributed by atoms with van der Waals surface area (Å²) in [7, 11) is 0. The maximum atomic E-state index is 12.0. The Bertz CT molecular complexity index is 836. The molecule has 0 spiro atoms. The van der Waals surface area contributed by atoms with Crippen molar-refractivity contribution in [3.63, 3.8) is 0 Å². The third kappa shape index (κ3) is 6.67. The number of carbonyl (C=O) groups excluding carboxylic acids is 2. The van der Waals surface area contributed by atoms with Crippen LogP contribution in [0.25, 0.3) is 0 Å². The highest BCUT2D eigenvalue weighted by Crippen LogP contribution is 2.25. The lowest BCUT2D eigenvalue weighted by atomic mass is 10.1. The number of benzene rings is 2. The van der Waals surface area contributed by atoms with Gasteiger partial charge in [-0.2, -0.15) is 5.10 Å². The molecule has 0 saturated carbocycles. The summed E-state index contributed by atoms with van der Waals surface area (Å²) in [6, 6.07) is 11.8. The second-order valence-corrected chi connectivity index (χ2v) is 6.79. The Hall–Kier alpha value is -2.08. The van der Waals surface area contributed by atoms with Gasteiger partial charge in [-0.25, -0.2) is 5.43 Å². The largest absolute Gasteiger partial charge is 0.326 e. The van der Waals surface area contributed by atoms with Crippen molar-refractivity contribution in [2.24, 2.45) is 5.10 Å². The maximum absolute atomic E-state index is 12.0. The van der Waals surface area contributed by atoms with Crippen molar-refractivity contribution in [1.82, 2.24) is 5.43 Å². The van der Waals surface area contributed by atoms with Crippen LogP contribution in [0.5, 0.6) is 0 Å². The molecule has 0 atom stereocenters. The number of hydrazone groups is 1. The maximum Gasteiger partial charge on any atom is 0.244 e. The van der Waals surface area contributed by atoms with Gasteiger partial charge in [-0.1, -0.05) is 46.9 Å². The number of nitrogens with one attached hydrogen (secondary N) is 2. The van der Waals surface area contributed by atoms with Gasteiger partial charge in [-0.3, -0.25) is 9.59 Å². The highest BCUT2D eigenvalue weighted by molar-refractivity contribution is 6.42. The van der Waals surface area contributed by atoms with E-state index in [1.165, 1.54) is 0 Å². The van der Waals surface area contributed by atoms with Crippen LogP contribution in [0.1, 0.15) is 18.9 Å². The van der Waals surface area contributed by atoms with Crippen molar-refractivity contribution >= 4 is 58.0 Å². The van der Waals surface area contributed by atoms with Gasteiger partial charge in [0.25, 0.3) is 0 Å². The first-order valence-electron chi connectivity index (χ1n) is 7.65. The average Bonchev–Trinajstić information content (AvgIpc) is 2.58. The molecule has 2 aromatic carbocycles.